The van der Waals surface area contributed by atoms with Gasteiger partial charge in [-0.15, -0.1) is 0 Å². The summed E-state index contributed by atoms with van der Waals surface area (Å²) in [5.41, 5.74) is 8.40. The monoisotopic (exact) mass is 266 g/mol. The number of hydrogen-bond acceptors (Lipinski definition) is 3. The number of aryl methyl sites for hydroxylation is 1. The average molecular weight is 266 g/mol. The first-order chi connectivity index (χ1) is 9.63. The van der Waals surface area contributed by atoms with E-state index in [-0.39, 0.29) is 5.91 Å². The molecule has 0 aliphatic rings. The van der Waals surface area contributed by atoms with Crippen LogP contribution in [0.1, 0.15) is 10.5 Å². The molecule has 20 heavy (non-hydrogen) atoms. The summed E-state index contributed by atoms with van der Waals surface area (Å²) in [6.07, 6.45) is 3.45. The Hall–Kier alpha value is -2.82. The molecule has 3 aromatic rings. The molecule has 0 aliphatic heterocycles. The van der Waals surface area contributed by atoms with Crippen molar-refractivity contribution in [2.45, 2.75) is 0 Å². The maximum absolute atomic E-state index is 12.2. The molecule has 0 unspecified atom stereocenters. The molecule has 0 bridgehead atoms. The average Bonchev–Trinajstić information content (AvgIpc) is 2.78. The number of amides is 1. The molecule has 100 valence electrons. The minimum absolute atomic E-state index is 0.188. The molecule has 0 radical (unpaired) electrons. The highest BCUT2D eigenvalue weighted by Crippen LogP contribution is 2.18. The number of nitrogens with zero attached hydrogens (tertiary/aromatic N) is 2. The quantitative estimate of drug-likeness (QED) is 0.748. The zero-order valence-electron chi connectivity index (χ0n) is 11.0. The van der Waals surface area contributed by atoms with Gasteiger partial charge >= 0.3 is 0 Å². The number of nitrogen functional groups attached to an aromatic ring is 1. The van der Waals surface area contributed by atoms with Crippen molar-refractivity contribution in [3.8, 4) is 0 Å². The Balaban J connectivity index is 1.89. The number of pyridine rings is 1. The zero-order valence-corrected chi connectivity index (χ0v) is 11.0. The second-order valence-electron chi connectivity index (χ2n) is 4.63. The van der Waals surface area contributed by atoms with E-state index in [9.17, 15) is 4.79 Å². The third kappa shape index (κ3) is 2.21. The summed E-state index contributed by atoms with van der Waals surface area (Å²) in [5.74, 6) is -0.188. The van der Waals surface area contributed by atoms with E-state index < -0.39 is 0 Å². The first-order valence-electron chi connectivity index (χ1n) is 6.21. The van der Waals surface area contributed by atoms with Crippen LogP contribution in [0.4, 0.5) is 11.4 Å². The van der Waals surface area contributed by atoms with Crippen LogP contribution in [-0.2, 0) is 7.05 Å². The van der Waals surface area contributed by atoms with Crippen LogP contribution in [0.15, 0.2) is 48.8 Å². The van der Waals surface area contributed by atoms with E-state index in [2.05, 4.69) is 10.3 Å². The van der Waals surface area contributed by atoms with Crippen molar-refractivity contribution in [1.29, 1.82) is 0 Å². The summed E-state index contributed by atoms with van der Waals surface area (Å²) in [7, 11) is 1.79. The summed E-state index contributed by atoms with van der Waals surface area (Å²) in [6.45, 7) is 0. The van der Waals surface area contributed by atoms with E-state index in [1.807, 2.05) is 30.3 Å². The predicted molar refractivity (Wildman–Crippen MR) is 79.5 cm³/mol. The summed E-state index contributed by atoms with van der Waals surface area (Å²) in [5, 5.41) is 3.84. The summed E-state index contributed by atoms with van der Waals surface area (Å²) < 4.78 is 1.70. The third-order valence-electron chi connectivity index (χ3n) is 3.12. The molecule has 1 amide bonds. The number of fused-ring (bicyclic) bond motifs is 1. The van der Waals surface area contributed by atoms with E-state index >= 15 is 0 Å². The molecule has 0 aliphatic carbocycles. The molecule has 1 aromatic carbocycles. The number of anilines is 2. The van der Waals surface area contributed by atoms with Crippen molar-refractivity contribution in [3.05, 3.63) is 54.5 Å². The zero-order chi connectivity index (χ0) is 14.1. The number of hydrogen-bond donors (Lipinski definition) is 2. The third-order valence-corrected chi connectivity index (χ3v) is 3.12. The lowest BCUT2D eigenvalue weighted by molar-refractivity contribution is 0.101. The molecule has 0 spiro atoms. The summed E-state index contributed by atoms with van der Waals surface area (Å²) in [4.78, 5) is 16.4. The van der Waals surface area contributed by atoms with Crippen LogP contribution in [0, 0.1) is 0 Å². The first kappa shape index (κ1) is 12.2. The first-order valence-corrected chi connectivity index (χ1v) is 6.21. The molecular formula is C15H14N4O. The number of rotatable bonds is 2. The highest BCUT2D eigenvalue weighted by Gasteiger charge is 2.11. The van der Waals surface area contributed by atoms with Gasteiger partial charge < -0.3 is 15.6 Å². The SMILES string of the molecule is Cn1cc(N)cc1C(=O)Nc1ccc2ncccc2c1. The summed E-state index contributed by atoms with van der Waals surface area (Å²) >= 11 is 0. The molecule has 0 saturated heterocycles. The van der Waals surface area contributed by atoms with Crippen LogP contribution in [0.2, 0.25) is 0 Å². The van der Waals surface area contributed by atoms with E-state index in [1.54, 1.807) is 30.1 Å². The Morgan fingerprint density at radius 1 is 1.30 bits per heavy atom. The molecule has 5 heteroatoms. The largest absolute Gasteiger partial charge is 0.397 e. The van der Waals surface area contributed by atoms with Gasteiger partial charge in [-0.3, -0.25) is 9.78 Å². The number of carbonyl (C=O) groups excluding carboxylic acids is 1. The lowest BCUT2D eigenvalue weighted by Crippen LogP contribution is -2.15. The fourth-order valence-electron chi connectivity index (χ4n) is 2.16. The van der Waals surface area contributed by atoms with Crippen molar-refractivity contribution < 1.29 is 4.79 Å². The van der Waals surface area contributed by atoms with Crippen LogP contribution in [0.5, 0.6) is 0 Å². The number of carbonyl (C=O) groups is 1. The fourth-order valence-corrected chi connectivity index (χ4v) is 2.16. The van der Waals surface area contributed by atoms with Crippen LogP contribution in [0.25, 0.3) is 10.9 Å². The maximum Gasteiger partial charge on any atom is 0.272 e. The van der Waals surface area contributed by atoms with Gasteiger partial charge in [0.25, 0.3) is 5.91 Å². The van der Waals surface area contributed by atoms with Crippen molar-refractivity contribution in [2.75, 3.05) is 11.1 Å². The van der Waals surface area contributed by atoms with Crippen LogP contribution >= 0.6 is 0 Å². The normalized spacial score (nSPS) is 10.7. The van der Waals surface area contributed by atoms with Gasteiger partial charge in [0, 0.05) is 30.5 Å². The van der Waals surface area contributed by atoms with Crippen LogP contribution in [-0.4, -0.2) is 15.5 Å². The molecule has 3 rings (SSSR count). The molecule has 0 saturated carbocycles. The van der Waals surface area contributed by atoms with Gasteiger partial charge in [-0.25, -0.2) is 0 Å². The number of nitrogens with two attached hydrogens (primary N) is 1. The molecule has 3 N–H and O–H groups in total. The number of benzene rings is 1. The molecule has 0 atom stereocenters. The molecule has 0 fully saturated rings. The second-order valence-corrected chi connectivity index (χ2v) is 4.63. The highest BCUT2D eigenvalue weighted by atomic mass is 16.1. The van der Waals surface area contributed by atoms with E-state index in [4.69, 9.17) is 5.73 Å². The minimum atomic E-state index is -0.188. The molecule has 5 nitrogen and oxygen atoms in total. The van der Waals surface area contributed by atoms with Crippen molar-refractivity contribution in [3.63, 3.8) is 0 Å². The Bertz CT molecular complexity index is 791. The Kier molecular flexibility index (Phi) is 2.87. The highest BCUT2D eigenvalue weighted by molar-refractivity contribution is 6.04. The molecule has 2 aromatic heterocycles. The Labute approximate surface area is 116 Å². The molecule has 2 heterocycles. The topological polar surface area (TPSA) is 72.9 Å². The Morgan fingerprint density at radius 2 is 2.15 bits per heavy atom. The van der Waals surface area contributed by atoms with Gasteiger partial charge in [-0.1, -0.05) is 6.07 Å². The number of aromatic nitrogens is 2. The van der Waals surface area contributed by atoms with E-state index in [1.165, 1.54) is 0 Å². The maximum atomic E-state index is 12.2. The minimum Gasteiger partial charge on any atom is -0.397 e. The standard InChI is InChI=1S/C15H14N4O/c1-19-9-11(16)8-14(19)15(20)18-12-4-5-13-10(7-12)3-2-6-17-13/h2-9H,16H2,1H3,(H,18,20). The van der Waals surface area contributed by atoms with Gasteiger partial charge in [-0.05, 0) is 30.3 Å². The summed E-state index contributed by atoms with van der Waals surface area (Å²) in [6, 6.07) is 11.1. The van der Waals surface area contributed by atoms with Gasteiger partial charge in [0.1, 0.15) is 5.69 Å². The van der Waals surface area contributed by atoms with Crippen LogP contribution in [0.3, 0.4) is 0 Å². The molecular weight excluding hydrogens is 252 g/mol. The lowest BCUT2D eigenvalue weighted by Gasteiger charge is -2.07. The smallest absolute Gasteiger partial charge is 0.272 e. The van der Waals surface area contributed by atoms with Gasteiger partial charge in [0.2, 0.25) is 0 Å². The Morgan fingerprint density at radius 3 is 2.90 bits per heavy atom. The van der Waals surface area contributed by atoms with Crippen molar-refractivity contribution >= 4 is 28.2 Å². The predicted octanol–water partition coefficient (Wildman–Crippen LogP) is 2.41. The second kappa shape index (κ2) is 4.70. The van der Waals surface area contributed by atoms with Gasteiger partial charge in [0.15, 0.2) is 0 Å². The van der Waals surface area contributed by atoms with Gasteiger partial charge in [0.05, 0.1) is 11.2 Å². The van der Waals surface area contributed by atoms with E-state index in [0.29, 0.717) is 11.4 Å². The van der Waals surface area contributed by atoms with Crippen LogP contribution < -0.4 is 11.1 Å². The van der Waals surface area contributed by atoms with Gasteiger partial charge in [-0.2, -0.15) is 0 Å². The van der Waals surface area contributed by atoms with E-state index in [0.717, 1.165) is 16.6 Å². The fraction of sp³-hybridized carbons (Fsp3) is 0.0667. The van der Waals surface area contributed by atoms with Crippen molar-refractivity contribution in [2.24, 2.45) is 7.05 Å². The lowest BCUT2D eigenvalue weighted by atomic mass is 10.2. The number of nitrogens with one attached hydrogen (secondary N) is 1. The van der Waals surface area contributed by atoms with Crippen molar-refractivity contribution in [1.82, 2.24) is 9.55 Å².